The number of rotatable bonds is 7. The van der Waals surface area contributed by atoms with Crippen molar-refractivity contribution in [3.63, 3.8) is 0 Å². The van der Waals surface area contributed by atoms with Crippen LogP contribution in [0, 0.1) is 0 Å². The van der Waals surface area contributed by atoms with Crippen molar-refractivity contribution in [1.29, 1.82) is 0 Å². The van der Waals surface area contributed by atoms with Crippen LogP contribution < -0.4 is 0 Å². The topological polar surface area (TPSA) is 44.5 Å². The van der Waals surface area contributed by atoms with Crippen LogP contribution in [0.4, 0.5) is 0 Å². The highest BCUT2D eigenvalue weighted by Crippen LogP contribution is 2.24. The number of hydrogen-bond donors (Lipinski definition) is 1. The van der Waals surface area contributed by atoms with Crippen LogP contribution in [-0.2, 0) is 20.0 Å². The summed E-state index contributed by atoms with van der Waals surface area (Å²) in [5, 5.41) is 14.2. The van der Waals surface area contributed by atoms with Gasteiger partial charge in [0.1, 0.15) is 5.15 Å². The molecule has 0 aromatic carbocycles. The van der Waals surface area contributed by atoms with Gasteiger partial charge >= 0.3 is 0 Å². The minimum absolute atomic E-state index is 0.280. The van der Waals surface area contributed by atoms with E-state index in [0.717, 1.165) is 49.9 Å². The average Bonchev–Trinajstić information content (AvgIpc) is 2.81. The van der Waals surface area contributed by atoms with E-state index in [1.165, 1.54) is 18.4 Å². The number of halogens is 1. The molecule has 2 rings (SSSR count). The molecule has 5 nitrogen and oxygen atoms in total. The second-order valence-electron chi connectivity index (χ2n) is 6.26. The van der Waals surface area contributed by atoms with E-state index in [1.807, 2.05) is 7.05 Å². The van der Waals surface area contributed by atoms with Gasteiger partial charge in [-0.05, 0) is 45.8 Å². The lowest BCUT2D eigenvalue weighted by molar-refractivity contribution is 0.117. The molecule has 0 atom stereocenters. The third-order valence-electron chi connectivity index (χ3n) is 4.72. The molecule has 0 unspecified atom stereocenters. The molecule has 126 valence electrons. The molecule has 1 aromatic rings. The molecule has 1 fully saturated rings. The van der Waals surface area contributed by atoms with Crippen LogP contribution in [0.2, 0.25) is 5.15 Å². The second kappa shape index (κ2) is 8.29. The molecule has 0 aliphatic carbocycles. The number of hydrogen-bond acceptors (Lipinski definition) is 4. The van der Waals surface area contributed by atoms with E-state index in [1.54, 1.807) is 4.68 Å². The predicted molar refractivity (Wildman–Crippen MR) is 90.2 cm³/mol. The van der Waals surface area contributed by atoms with Crippen molar-refractivity contribution in [1.82, 2.24) is 19.6 Å². The summed E-state index contributed by atoms with van der Waals surface area (Å²) < 4.78 is 1.78. The molecular formula is C16H29ClN4O. The van der Waals surface area contributed by atoms with Gasteiger partial charge in [0.05, 0.1) is 5.69 Å². The lowest BCUT2D eigenvalue weighted by Gasteiger charge is -2.36. The van der Waals surface area contributed by atoms with E-state index >= 15 is 0 Å². The van der Waals surface area contributed by atoms with Gasteiger partial charge in [-0.15, -0.1) is 0 Å². The van der Waals surface area contributed by atoms with Crippen LogP contribution in [0.15, 0.2) is 0 Å². The largest absolute Gasteiger partial charge is 0.396 e. The van der Waals surface area contributed by atoms with Gasteiger partial charge in [-0.25, -0.2) is 0 Å². The SMILES string of the molecule is CCc1nn(C)c(Cl)c1CN1CCC(N(C)CCCO)CC1. The minimum atomic E-state index is 0.280. The highest BCUT2D eigenvalue weighted by atomic mass is 35.5. The number of piperidine rings is 1. The molecule has 6 heteroatoms. The Balaban J connectivity index is 1.87. The standard InChI is InChI=1S/C16H29ClN4O/c1-4-15-14(16(17)20(3)18-15)12-21-9-6-13(7-10-21)19(2)8-5-11-22/h13,22H,4-12H2,1-3H3. The summed E-state index contributed by atoms with van der Waals surface area (Å²) in [4.78, 5) is 4.88. The van der Waals surface area contributed by atoms with Gasteiger partial charge in [0.15, 0.2) is 0 Å². The normalized spacial score (nSPS) is 17.5. The van der Waals surface area contributed by atoms with Gasteiger partial charge in [0.2, 0.25) is 0 Å². The fraction of sp³-hybridized carbons (Fsp3) is 0.812. The number of aliphatic hydroxyl groups is 1. The monoisotopic (exact) mass is 328 g/mol. The van der Waals surface area contributed by atoms with Crippen molar-refractivity contribution in [2.45, 2.75) is 45.2 Å². The molecule has 0 bridgehead atoms. The summed E-state index contributed by atoms with van der Waals surface area (Å²) in [6.45, 7) is 6.50. The molecule has 0 radical (unpaired) electrons. The fourth-order valence-corrected chi connectivity index (χ4v) is 3.49. The minimum Gasteiger partial charge on any atom is -0.396 e. The number of likely N-dealkylation sites (tertiary alicyclic amines) is 1. The molecule has 1 saturated heterocycles. The molecule has 1 aromatic heterocycles. The smallest absolute Gasteiger partial charge is 0.131 e. The van der Waals surface area contributed by atoms with Crippen LogP contribution in [0.3, 0.4) is 0 Å². The second-order valence-corrected chi connectivity index (χ2v) is 6.62. The molecular weight excluding hydrogens is 300 g/mol. The zero-order valence-corrected chi connectivity index (χ0v) is 14.8. The van der Waals surface area contributed by atoms with Crippen molar-refractivity contribution in [2.75, 3.05) is 33.3 Å². The zero-order valence-electron chi connectivity index (χ0n) is 14.1. The van der Waals surface area contributed by atoms with E-state index in [9.17, 15) is 0 Å². The third kappa shape index (κ3) is 4.22. The van der Waals surface area contributed by atoms with E-state index in [4.69, 9.17) is 16.7 Å². The Hall–Kier alpha value is -0.620. The van der Waals surface area contributed by atoms with E-state index in [2.05, 4.69) is 28.9 Å². The van der Waals surface area contributed by atoms with Crippen LogP contribution in [0.5, 0.6) is 0 Å². The number of aromatic nitrogens is 2. The summed E-state index contributed by atoms with van der Waals surface area (Å²) >= 11 is 6.39. The quantitative estimate of drug-likeness (QED) is 0.830. The van der Waals surface area contributed by atoms with E-state index in [-0.39, 0.29) is 6.61 Å². The Morgan fingerprint density at radius 3 is 2.64 bits per heavy atom. The number of aliphatic hydroxyl groups excluding tert-OH is 1. The fourth-order valence-electron chi connectivity index (χ4n) is 3.28. The van der Waals surface area contributed by atoms with Gasteiger partial charge < -0.3 is 10.0 Å². The molecule has 1 aliphatic heterocycles. The molecule has 0 saturated carbocycles. The van der Waals surface area contributed by atoms with Gasteiger partial charge in [0, 0.05) is 38.3 Å². The van der Waals surface area contributed by atoms with Crippen molar-refractivity contribution < 1.29 is 5.11 Å². The maximum atomic E-state index is 8.94. The van der Waals surface area contributed by atoms with Crippen LogP contribution >= 0.6 is 11.6 Å². The first-order valence-electron chi connectivity index (χ1n) is 8.30. The lowest BCUT2D eigenvalue weighted by Crippen LogP contribution is -2.43. The van der Waals surface area contributed by atoms with Gasteiger partial charge in [0.25, 0.3) is 0 Å². The summed E-state index contributed by atoms with van der Waals surface area (Å²) in [6.07, 6.45) is 4.15. The Morgan fingerprint density at radius 2 is 2.05 bits per heavy atom. The zero-order chi connectivity index (χ0) is 16.1. The summed E-state index contributed by atoms with van der Waals surface area (Å²) in [6, 6.07) is 0.637. The predicted octanol–water partition coefficient (Wildman–Crippen LogP) is 1.91. The maximum absolute atomic E-state index is 8.94. The number of nitrogens with zero attached hydrogens (tertiary/aromatic N) is 4. The van der Waals surface area contributed by atoms with Gasteiger partial charge in [-0.1, -0.05) is 18.5 Å². The molecule has 0 spiro atoms. The summed E-state index contributed by atoms with van der Waals surface area (Å²) in [5.41, 5.74) is 2.31. The van der Waals surface area contributed by atoms with Crippen LogP contribution in [0.25, 0.3) is 0 Å². The van der Waals surface area contributed by atoms with Gasteiger partial charge in [-0.2, -0.15) is 5.10 Å². The van der Waals surface area contributed by atoms with E-state index in [0.29, 0.717) is 6.04 Å². The highest BCUT2D eigenvalue weighted by molar-refractivity contribution is 6.30. The summed E-state index contributed by atoms with van der Waals surface area (Å²) in [7, 11) is 4.08. The Bertz CT molecular complexity index is 469. The molecule has 22 heavy (non-hydrogen) atoms. The van der Waals surface area contributed by atoms with Gasteiger partial charge in [-0.3, -0.25) is 9.58 Å². The Morgan fingerprint density at radius 1 is 1.36 bits per heavy atom. The third-order valence-corrected chi connectivity index (χ3v) is 5.19. The van der Waals surface area contributed by atoms with Crippen molar-refractivity contribution in [3.05, 3.63) is 16.4 Å². The maximum Gasteiger partial charge on any atom is 0.131 e. The molecule has 1 N–H and O–H groups in total. The summed E-state index contributed by atoms with van der Waals surface area (Å²) in [5.74, 6) is 0. The lowest BCUT2D eigenvalue weighted by atomic mass is 10.0. The van der Waals surface area contributed by atoms with Crippen molar-refractivity contribution >= 4 is 11.6 Å². The Labute approximate surface area is 138 Å². The van der Waals surface area contributed by atoms with Crippen LogP contribution in [0.1, 0.15) is 37.4 Å². The Kier molecular flexibility index (Phi) is 6.68. The van der Waals surface area contributed by atoms with Crippen LogP contribution in [-0.4, -0.2) is 64.0 Å². The molecule has 1 aliphatic rings. The molecule has 2 heterocycles. The van der Waals surface area contributed by atoms with Crippen molar-refractivity contribution in [2.24, 2.45) is 7.05 Å². The first kappa shape index (κ1) is 17.7. The number of aryl methyl sites for hydroxylation is 2. The first-order valence-corrected chi connectivity index (χ1v) is 8.68. The first-order chi connectivity index (χ1) is 10.6. The van der Waals surface area contributed by atoms with Crippen molar-refractivity contribution in [3.8, 4) is 0 Å². The molecule has 0 amide bonds. The average molecular weight is 329 g/mol. The van der Waals surface area contributed by atoms with E-state index < -0.39 is 0 Å². The highest BCUT2D eigenvalue weighted by Gasteiger charge is 2.24.